The first-order chi connectivity index (χ1) is 8.64. The fourth-order valence-electron chi connectivity index (χ4n) is 2.95. The van der Waals surface area contributed by atoms with E-state index in [0.29, 0.717) is 12.0 Å². The van der Waals surface area contributed by atoms with Gasteiger partial charge in [-0.3, -0.25) is 0 Å². The number of aryl methyl sites for hydroxylation is 1. The van der Waals surface area contributed by atoms with E-state index in [-0.39, 0.29) is 0 Å². The highest BCUT2D eigenvalue weighted by molar-refractivity contribution is 5.49. The van der Waals surface area contributed by atoms with E-state index in [1.165, 1.54) is 24.8 Å². The van der Waals surface area contributed by atoms with Gasteiger partial charge in [0.05, 0.1) is 0 Å². The molecule has 2 rings (SSSR count). The molecule has 1 aliphatic rings. The molecule has 1 fully saturated rings. The first-order valence-corrected chi connectivity index (χ1v) is 7.05. The van der Waals surface area contributed by atoms with Crippen LogP contribution in [0.4, 0.5) is 5.82 Å². The summed E-state index contributed by atoms with van der Waals surface area (Å²) in [7, 11) is 0. The zero-order chi connectivity index (χ0) is 13.2. The van der Waals surface area contributed by atoms with E-state index in [0.717, 1.165) is 24.6 Å². The SMILES string of the molecule is CCC1(CC)CCN(c2nc(C)ccc2CN)C1. The molecule has 0 bridgehead atoms. The van der Waals surface area contributed by atoms with Gasteiger partial charge in [0.1, 0.15) is 5.82 Å². The Balaban J connectivity index is 2.26. The quantitative estimate of drug-likeness (QED) is 0.889. The molecule has 1 aromatic rings. The summed E-state index contributed by atoms with van der Waals surface area (Å²) in [4.78, 5) is 7.14. The Kier molecular flexibility index (Phi) is 3.91. The van der Waals surface area contributed by atoms with Crippen molar-refractivity contribution in [1.29, 1.82) is 0 Å². The second-order valence-corrected chi connectivity index (χ2v) is 5.52. The summed E-state index contributed by atoms with van der Waals surface area (Å²) in [5.41, 5.74) is 8.56. The lowest BCUT2D eigenvalue weighted by atomic mass is 9.82. The van der Waals surface area contributed by atoms with Crippen LogP contribution in [0.5, 0.6) is 0 Å². The highest BCUT2D eigenvalue weighted by Crippen LogP contribution is 2.39. The monoisotopic (exact) mass is 247 g/mol. The molecule has 0 aromatic carbocycles. The minimum atomic E-state index is 0.483. The van der Waals surface area contributed by atoms with Gasteiger partial charge in [-0.05, 0) is 37.7 Å². The Hall–Kier alpha value is -1.09. The molecule has 0 aliphatic carbocycles. The Labute approximate surface area is 110 Å². The smallest absolute Gasteiger partial charge is 0.133 e. The molecule has 3 nitrogen and oxygen atoms in total. The first kappa shape index (κ1) is 13.3. The van der Waals surface area contributed by atoms with Crippen LogP contribution in [0.2, 0.25) is 0 Å². The minimum absolute atomic E-state index is 0.483. The van der Waals surface area contributed by atoms with Crippen LogP contribution >= 0.6 is 0 Å². The summed E-state index contributed by atoms with van der Waals surface area (Å²) in [6.45, 7) is 9.48. The van der Waals surface area contributed by atoms with E-state index < -0.39 is 0 Å². The Bertz CT molecular complexity index is 410. The first-order valence-electron chi connectivity index (χ1n) is 7.05. The van der Waals surface area contributed by atoms with Crippen molar-refractivity contribution < 1.29 is 0 Å². The molecule has 100 valence electrons. The zero-order valence-corrected chi connectivity index (χ0v) is 11.9. The predicted octanol–water partition coefficient (Wildman–Crippen LogP) is 2.87. The topological polar surface area (TPSA) is 42.2 Å². The molecular weight excluding hydrogens is 222 g/mol. The van der Waals surface area contributed by atoms with Crippen LogP contribution in [0.25, 0.3) is 0 Å². The fourth-order valence-corrected chi connectivity index (χ4v) is 2.95. The number of nitrogens with zero attached hydrogens (tertiary/aromatic N) is 2. The third kappa shape index (κ3) is 2.37. The maximum absolute atomic E-state index is 5.83. The molecule has 18 heavy (non-hydrogen) atoms. The number of rotatable bonds is 4. The molecule has 3 heteroatoms. The zero-order valence-electron chi connectivity index (χ0n) is 11.9. The van der Waals surface area contributed by atoms with Gasteiger partial charge in [-0.1, -0.05) is 19.9 Å². The van der Waals surface area contributed by atoms with Gasteiger partial charge in [-0.15, -0.1) is 0 Å². The second-order valence-electron chi connectivity index (χ2n) is 5.52. The molecule has 1 aromatic heterocycles. The van der Waals surface area contributed by atoms with Crippen LogP contribution in [0, 0.1) is 12.3 Å². The maximum atomic E-state index is 5.83. The Morgan fingerprint density at radius 1 is 1.33 bits per heavy atom. The number of anilines is 1. The number of pyridine rings is 1. The molecule has 1 saturated heterocycles. The number of hydrogen-bond acceptors (Lipinski definition) is 3. The van der Waals surface area contributed by atoms with Crippen molar-refractivity contribution in [3.63, 3.8) is 0 Å². The van der Waals surface area contributed by atoms with Gasteiger partial charge in [-0.25, -0.2) is 4.98 Å². The summed E-state index contributed by atoms with van der Waals surface area (Å²) in [5, 5.41) is 0. The van der Waals surface area contributed by atoms with E-state index in [1.54, 1.807) is 0 Å². The fraction of sp³-hybridized carbons (Fsp3) is 0.667. The van der Waals surface area contributed by atoms with Crippen LogP contribution in [0.15, 0.2) is 12.1 Å². The van der Waals surface area contributed by atoms with Gasteiger partial charge in [0.15, 0.2) is 0 Å². The third-order valence-electron chi connectivity index (χ3n) is 4.55. The lowest BCUT2D eigenvalue weighted by Gasteiger charge is -2.27. The van der Waals surface area contributed by atoms with E-state index in [4.69, 9.17) is 10.7 Å². The van der Waals surface area contributed by atoms with Gasteiger partial charge in [-0.2, -0.15) is 0 Å². The summed E-state index contributed by atoms with van der Waals surface area (Å²) >= 11 is 0. The largest absolute Gasteiger partial charge is 0.356 e. The third-order valence-corrected chi connectivity index (χ3v) is 4.55. The van der Waals surface area contributed by atoms with Crippen molar-refractivity contribution >= 4 is 5.82 Å². The molecule has 0 saturated carbocycles. The molecule has 1 aliphatic heterocycles. The Morgan fingerprint density at radius 3 is 2.61 bits per heavy atom. The lowest BCUT2D eigenvalue weighted by molar-refractivity contribution is 0.301. The highest BCUT2D eigenvalue weighted by atomic mass is 15.2. The van der Waals surface area contributed by atoms with Gasteiger partial charge >= 0.3 is 0 Å². The number of hydrogen-bond donors (Lipinski definition) is 1. The normalized spacial score (nSPS) is 18.3. The molecule has 0 radical (unpaired) electrons. The van der Waals surface area contributed by atoms with Crippen molar-refractivity contribution in [1.82, 2.24) is 4.98 Å². The summed E-state index contributed by atoms with van der Waals surface area (Å²) in [5.74, 6) is 1.11. The number of nitrogens with two attached hydrogens (primary N) is 1. The van der Waals surface area contributed by atoms with E-state index in [9.17, 15) is 0 Å². The molecule has 0 spiro atoms. The van der Waals surface area contributed by atoms with Crippen LogP contribution in [-0.2, 0) is 6.54 Å². The second kappa shape index (κ2) is 5.27. The average molecular weight is 247 g/mol. The lowest BCUT2D eigenvalue weighted by Crippen LogP contribution is -2.28. The van der Waals surface area contributed by atoms with Crippen molar-refractivity contribution in [2.45, 2.75) is 46.6 Å². The molecule has 0 amide bonds. The summed E-state index contributed by atoms with van der Waals surface area (Å²) < 4.78 is 0. The van der Waals surface area contributed by atoms with E-state index >= 15 is 0 Å². The van der Waals surface area contributed by atoms with Gasteiger partial charge in [0.2, 0.25) is 0 Å². The Morgan fingerprint density at radius 2 is 2.06 bits per heavy atom. The van der Waals surface area contributed by atoms with Crippen LogP contribution < -0.4 is 10.6 Å². The standard InChI is InChI=1S/C15H25N3/c1-4-15(5-2)8-9-18(11-15)14-13(10-16)7-6-12(3)17-14/h6-7H,4-5,8-11,16H2,1-3H3. The van der Waals surface area contributed by atoms with E-state index in [1.807, 2.05) is 6.92 Å². The van der Waals surface area contributed by atoms with Crippen molar-refractivity contribution in [3.05, 3.63) is 23.4 Å². The average Bonchev–Trinajstić information content (AvgIpc) is 2.83. The van der Waals surface area contributed by atoms with Crippen LogP contribution in [-0.4, -0.2) is 18.1 Å². The molecule has 0 unspecified atom stereocenters. The summed E-state index contributed by atoms with van der Waals surface area (Å²) in [6.07, 6.45) is 3.78. The van der Waals surface area contributed by atoms with Crippen molar-refractivity contribution in [2.75, 3.05) is 18.0 Å². The molecule has 2 heterocycles. The van der Waals surface area contributed by atoms with Crippen molar-refractivity contribution in [2.24, 2.45) is 11.1 Å². The minimum Gasteiger partial charge on any atom is -0.356 e. The van der Waals surface area contributed by atoms with Gasteiger partial charge < -0.3 is 10.6 Å². The maximum Gasteiger partial charge on any atom is 0.133 e. The van der Waals surface area contributed by atoms with Crippen molar-refractivity contribution in [3.8, 4) is 0 Å². The van der Waals surface area contributed by atoms with Crippen LogP contribution in [0.1, 0.15) is 44.4 Å². The molecular formula is C15H25N3. The molecule has 0 atom stereocenters. The number of aromatic nitrogens is 1. The van der Waals surface area contributed by atoms with Gasteiger partial charge in [0, 0.05) is 30.9 Å². The molecule has 2 N–H and O–H groups in total. The summed E-state index contributed by atoms with van der Waals surface area (Å²) in [6, 6.07) is 4.17. The van der Waals surface area contributed by atoms with Gasteiger partial charge in [0.25, 0.3) is 0 Å². The highest BCUT2D eigenvalue weighted by Gasteiger charge is 2.35. The van der Waals surface area contributed by atoms with Crippen LogP contribution in [0.3, 0.4) is 0 Å². The van der Waals surface area contributed by atoms with E-state index in [2.05, 4.69) is 30.9 Å². The predicted molar refractivity (Wildman–Crippen MR) is 76.7 cm³/mol.